The first kappa shape index (κ1) is 14.1. The highest BCUT2D eigenvalue weighted by Gasteiger charge is 2.35. The van der Waals surface area contributed by atoms with Gasteiger partial charge in [-0.2, -0.15) is 0 Å². The molecule has 3 rings (SSSR count). The SMILES string of the molecule is Cc1cc(/C(N)=N/O)nc(N2CC3CCCN3CC2C)n1. The van der Waals surface area contributed by atoms with Gasteiger partial charge >= 0.3 is 0 Å². The molecule has 0 amide bonds. The minimum absolute atomic E-state index is 0.0221. The van der Waals surface area contributed by atoms with E-state index in [-0.39, 0.29) is 5.84 Å². The number of nitrogens with zero attached hydrogens (tertiary/aromatic N) is 5. The van der Waals surface area contributed by atoms with Crippen LogP contribution < -0.4 is 10.6 Å². The second kappa shape index (κ2) is 5.48. The van der Waals surface area contributed by atoms with Gasteiger partial charge in [0.05, 0.1) is 0 Å². The van der Waals surface area contributed by atoms with Crippen molar-refractivity contribution in [3.05, 3.63) is 17.5 Å². The molecule has 21 heavy (non-hydrogen) atoms. The fourth-order valence-corrected chi connectivity index (χ4v) is 3.33. The molecule has 2 aliphatic heterocycles. The Kier molecular flexibility index (Phi) is 3.67. The monoisotopic (exact) mass is 290 g/mol. The molecule has 3 heterocycles. The summed E-state index contributed by atoms with van der Waals surface area (Å²) in [6.45, 7) is 7.28. The number of nitrogens with two attached hydrogens (primary N) is 1. The number of oxime groups is 1. The molecule has 0 radical (unpaired) electrons. The molecule has 2 atom stereocenters. The number of rotatable bonds is 2. The van der Waals surface area contributed by atoms with Crippen LogP contribution in [-0.2, 0) is 0 Å². The number of anilines is 1. The molecule has 3 N–H and O–H groups in total. The predicted molar refractivity (Wildman–Crippen MR) is 80.7 cm³/mol. The van der Waals surface area contributed by atoms with Gasteiger partial charge in [-0.3, -0.25) is 4.90 Å². The van der Waals surface area contributed by atoms with Gasteiger partial charge in [0.25, 0.3) is 0 Å². The van der Waals surface area contributed by atoms with Crippen molar-refractivity contribution < 1.29 is 5.21 Å². The third-order valence-corrected chi connectivity index (χ3v) is 4.41. The Balaban J connectivity index is 1.90. The van der Waals surface area contributed by atoms with Crippen molar-refractivity contribution in [1.82, 2.24) is 14.9 Å². The Morgan fingerprint density at radius 1 is 1.43 bits per heavy atom. The minimum Gasteiger partial charge on any atom is -0.409 e. The summed E-state index contributed by atoms with van der Waals surface area (Å²) in [5.41, 5.74) is 6.96. The summed E-state index contributed by atoms with van der Waals surface area (Å²) in [5, 5.41) is 11.9. The number of aryl methyl sites for hydroxylation is 1. The number of hydrogen-bond donors (Lipinski definition) is 2. The van der Waals surface area contributed by atoms with Crippen molar-refractivity contribution in [2.75, 3.05) is 24.5 Å². The summed E-state index contributed by atoms with van der Waals surface area (Å²) < 4.78 is 0. The van der Waals surface area contributed by atoms with E-state index in [0.717, 1.165) is 18.8 Å². The van der Waals surface area contributed by atoms with E-state index in [0.29, 0.717) is 23.7 Å². The second-order valence-electron chi connectivity index (χ2n) is 5.97. The molecule has 2 saturated heterocycles. The van der Waals surface area contributed by atoms with E-state index in [2.05, 4.69) is 31.8 Å². The van der Waals surface area contributed by atoms with E-state index in [1.165, 1.54) is 19.4 Å². The van der Waals surface area contributed by atoms with Gasteiger partial charge in [-0.15, -0.1) is 0 Å². The average Bonchev–Trinajstić information content (AvgIpc) is 2.91. The van der Waals surface area contributed by atoms with Crippen LogP contribution in [0.25, 0.3) is 0 Å². The zero-order chi connectivity index (χ0) is 15.0. The molecule has 0 spiro atoms. The summed E-state index contributed by atoms with van der Waals surface area (Å²) in [6, 6.07) is 2.69. The molecular formula is C14H22N6O. The first-order valence-electron chi connectivity index (χ1n) is 7.42. The van der Waals surface area contributed by atoms with Crippen molar-refractivity contribution in [3.63, 3.8) is 0 Å². The molecule has 7 nitrogen and oxygen atoms in total. The van der Waals surface area contributed by atoms with E-state index >= 15 is 0 Å². The molecule has 2 aliphatic rings. The smallest absolute Gasteiger partial charge is 0.226 e. The second-order valence-corrected chi connectivity index (χ2v) is 5.97. The highest BCUT2D eigenvalue weighted by Crippen LogP contribution is 2.27. The number of aromatic nitrogens is 2. The number of hydrogen-bond acceptors (Lipinski definition) is 6. The number of amidine groups is 1. The van der Waals surface area contributed by atoms with Crippen molar-refractivity contribution in [3.8, 4) is 0 Å². The molecule has 2 fully saturated rings. The van der Waals surface area contributed by atoms with Gasteiger partial charge in [0.1, 0.15) is 5.69 Å². The molecule has 114 valence electrons. The van der Waals surface area contributed by atoms with E-state index in [1.54, 1.807) is 6.07 Å². The highest BCUT2D eigenvalue weighted by molar-refractivity contribution is 5.95. The van der Waals surface area contributed by atoms with Gasteiger partial charge in [0.2, 0.25) is 5.95 Å². The van der Waals surface area contributed by atoms with Gasteiger partial charge in [-0.1, -0.05) is 5.16 Å². The average molecular weight is 290 g/mol. The fraction of sp³-hybridized carbons (Fsp3) is 0.643. The molecule has 0 bridgehead atoms. The van der Waals surface area contributed by atoms with Crippen LogP contribution in [0.1, 0.15) is 31.2 Å². The van der Waals surface area contributed by atoms with Crippen LogP contribution in [0.5, 0.6) is 0 Å². The normalized spacial score (nSPS) is 27.0. The van der Waals surface area contributed by atoms with Crippen LogP contribution in [0.2, 0.25) is 0 Å². The summed E-state index contributed by atoms with van der Waals surface area (Å²) in [5.74, 6) is 0.699. The summed E-state index contributed by atoms with van der Waals surface area (Å²) in [6.07, 6.45) is 2.51. The molecular weight excluding hydrogens is 268 g/mol. The lowest BCUT2D eigenvalue weighted by molar-refractivity contribution is 0.201. The van der Waals surface area contributed by atoms with Crippen LogP contribution >= 0.6 is 0 Å². The first-order valence-corrected chi connectivity index (χ1v) is 7.42. The lowest BCUT2D eigenvalue weighted by Gasteiger charge is -2.42. The Bertz CT molecular complexity index is 560. The van der Waals surface area contributed by atoms with Gasteiger partial charge in [0, 0.05) is 30.9 Å². The van der Waals surface area contributed by atoms with Crippen LogP contribution in [0, 0.1) is 6.92 Å². The number of fused-ring (bicyclic) bond motifs is 1. The molecule has 0 saturated carbocycles. The molecule has 0 aromatic carbocycles. The topological polar surface area (TPSA) is 90.9 Å². The van der Waals surface area contributed by atoms with Crippen LogP contribution in [0.15, 0.2) is 11.2 Å². The van der Waals surface area contributed by atoms with Crippen LogP contribution in [0.3, 0.4) is 0 Å². The van der Waals surface area contributed by atoms with Gasteiger partial charge in [-0.25, -0.2) is 9.97 Å². The third kappa shape index (κ3) is 2.65. The van der Waals surface area contributed by atoms with Crippen molar-refractivity contribution >= 4 is 11.8 Å². The summed E-state index contributed by atoms with van der Waals surface area (Å²) >= 11 is 0. The van der Waals surface area contributed by atoms with E-state index < -0.39 is 0 Å². The number of piperazine rings is 1. The molecule has 7 heteroatoms. The lowest BCUT2D eigenvalue weighted by Crippen LogP contribution is -2.55. The maximum atomic E-state index is 8.84. The molecule has 0 aliphatic carbocycles. The Labute approximate surface area is 124 Å². The third-order valence-electron chi connectivity index (χ3n) is 4.41. The lowest BCUT2D eigenvalue weighted by atomic mass is 10.1. The van der Waals surface area contributed by atoms with E-state index in [1.807, 2.05) is 6.92 Å². The van der Waals surface area contributed by atoms with Gasteiger partial charge in [0.15, 0.2) is 5.84 Å². The van der Waals surface area contributed by atoms with Gasteiger partial charge < -0.3 is 15.8 Å². The molecule has 2 unspecified atom stereocenters. The zero-order valence-electron chi connectivity index (χ0n) is 12.5. The zero-order valence-corrected chi connectivity index (χ0v) is 12.5. The van der Waals surface area contributed by atoms with Crippen molar-refractivity contribution in [2.24, 2.45) is 10.9 Å². The Morgan fingerprint density at radius 2 is 2.24 bits per heavy atom. The quantitative estimate of drug-likeness (QED) is 0.358. The largest absolute Gasteiger partial charge is 0.409 e. The van der Waals surface area contributed by atoms with E-state index in [9.17, 15) is 0 Å². The first-order chi connectivity index (χ1) is 10.1. The van der Waals surface area contributed by atoms with E-state index in [4.69, 9.17) is 10.9 Å². The standard InChI is InChI=1S/C14H22N6O/c1-9-6-12(13(15)18-21)17-14(16-9)20-8-11-4-3-5-19(11)7-10(20)2/h6,10-11,21H,3-5,7-8H2,1-2H3,(H2,15,18). The van der Waals surface area contributed by atoms with Crippen LogP contribution in [0.4, 0.5) is 5.95 Å². The molecule has 1 aromatic heterocycles. The maximum Gasteiger partial charge on any atom is 0.226 e. The minimum atomic E-state index is 0.0221. The van der Waals surface area contributed by atoms with Crippen LogP contribution in [-0.4, -0.2) is 57.6 Å². The van der Waals surface area contributed by atoms with Gasteiger partial charge in [-0.05, 0) is 39.3 Å². The Morgan fingerprint density at radius 3 is 3.00 bits per heavy atom. The highest BCUT2D eigenvalue weighted by atomic mass is 16.4. The summed E-state index contributed by atoms with van der Waals surface area (Å²) in [7, 11) is 0. The van der Waals surface area contributed by atoms with Crippen molar-refractivity contribution in [2.45, 2.75) is 38.8 Å². The maximum absolute atomic E-state index is 8.84. The summed E-state index contributed by atoms with van der Waals surface area (Å²) in [4.78, 5) is 13.8. The fourth-order valence-electron chi connectivity index (χ4n) is 3.33. The Hall–Kier alpha value is -1.89. The predicted octanol–water partition coefficient (Wildman–Crippen LogP) is 0.552. The van der Waals surface area contributed by atoms with Crippen molar-refractivity contribution in [1.29, 1.82) is 0 Å². The molecule has 1 aromatic rings.